The number of hydrogen-bond acceptors (Lipinski definition) is 4. The fourth-order valence-corrected chi connectivity index (χ4v) is 3.49. The second-order valence-electron chi connectivity index (χ2n) is 6.91. The van der Waals surface area contributed by atoms with Gasteiger partial charge in [0.1, 0.15) is 5.75 Å². The second-order valence-corrected chi connectivity index (χ2v) is 7.32. The Morgan fingerprint density at radius 1 is 1.15 bits per heavy atom. The Morgan fingerprint density at radius 3 is 2.48 bits per heavy atom. The monoisotopic (exact) mass is 387 g/mol. The summed E-state index contributed by atoms with van der Waals surface area (Å²) in [5.74, 6) is 0.164. The zero-order chi connectivity index (χ0) is 19.2. The smallest absolute Gasteiger partial charge is 0.255 e. The molecule has 0 spiro atoms. The van der Waals surface area contributed by atoms with E-state index in [0.29, 0.717) is 28.6 Å². The van der Waals surface area contributed by atoms with Gasteiger partial charge in [0.05, 0.1) is 23.4 Å². The molecule has 1 saturated heterocycles. The first kappa shape index (κ1) is 19.5. The van der Waals surface area contributed by atoms with E-state index in [-0.39, 0.29) is 5.91 Å². The minimum Gasteiger partial charge on any atom is -0.496 e. The molecule has 0 saturated carbocycles. The van der Waals surface area contributed by atoms with E-state index in [1.54, 1.807) is 6.07 Å². The number of carbonyl (C=O) groups excluding carboxylic acids is 1. The van der Waals surface area contributed by atoms with Gasteiger partial charge in [-0.2, -0.15) is 0 Å². The van der Waals surface area contributed by atoms with Gasteiger partial charge in [0, 0.05) is 19.2 Å². The molecule has 144 valence electrons. The average molecular weight is 388 g/mol. The number of methoxy groups -OCH3 is 1. The van der Waals surface area contributed by atoms with Crippen LogP contribution >= 0.6 is 11.6 Å². The van der Waals surface area contributed by atoms with Crippen LogP contribution in [0.3, 0.4) is 0 Å². The number of piperidine rings is 1. The lowest BCUT2D eigenvalue weighted by atomic mass is 10.1. The fraction of sp³-hybridized carbons (Fsp3) is 0.381. The van der Waals surface area contributed by atoms with Gasteiger partial charge in [-0.3, -0.25) is 9.69 Å². The van der Waals surface area contributed by atoms with E-state index in [1.165, 1.54) is 51.1 Å². The molecule has 6 heteroatoms. The highest BCUT2D eigenvalue weighted by atomic mass is 35.5. The quantitative estimate of drug-likeness (QED) is 0.739. The van der Waals surface area contributed by atoms with Crippen molar-refractivity contribution >= 4 is 23.2 Å². The molecular formula is C21H26ClN3O2. The Kier molecular flexibility index (Phi) is 6.58. The van der Waals surface area contributed by atoms with Crippen LogP contribution in [0.15, 0.2) is 36.4 Å². The van der Waals surface area contributed by atoms with Crippen molar-refractivity contribution in [3.05, 3.63) is 58.1 Å². The normalized spacial score (nSPS) is 14.7. The molecule has 0 atom stereocenters. The van der Waals surface area contributed by atoms with Crippen LogP contribution in [-0.4, -0.2) is 31.0 Å². The van der Waals surface area contributed by atoms with Crippen molar-refractivity contribution in [2.24, 2.45) is 0 Å². The van der Waals surface area contributed by atoms with Crippen LogP contribution in [-0.2, 0) is 13.1 Å². The van der Waals surface area contributed by atoms with Crippen molar-refractivity contribution in [3.63, 3.8) is 0 Å². The van der Waals surface area contributed by atoms with Crippen LogP contribution in [0.1, 0.15) is 40.7 Å². The number of nitrogens with zero attached hydrogens (tertiary/aromatic N) is 1. The molecular weight excluding hydrogens is 362 g/mol. The SMILES string of the molecule is COc1cc(N)c(Cl)cc1C(=O)NCc1ccc(CN2CCCCC2)cc1. The summed E-state index contributed by atoms with van der Waals surface area (Å²) in [5, 5.41) is 3.24. The molecule has 0 unspecified atom stereocenters. The number of amides is 1. The van der Waals surface area contributed by atoms with Gasteiger partial charge in [-0.15, -0.1) is 0 Å². The van der Waals surface area contributed by atoms with E-state index in [9.17, 15) is 4.79 Å². The number of anilines is 1. The topological polar surface area (TPSA) is 67.6 Å². The molecule has 0 radical (unpaired) electrons. The molecule has 1 amide bonds. The molecule has 0 aromatic heterocycles. The molecule has 27 heavy (non-hydrogen) atoms. The third-order valence-corrected chi connectivity index (χ3v) is 5.22. The molecule has 2 aromatic carbocycles. The van der Waals surface area contributed by atoms with Gasteiger partial charge in [0.2, 0.25) is 0 Å². The number of hydrogen-bond donors (Lipinski definition) is 2. The van der Waals surface area contributed by atoms with E-state index in [1.807, 2.05) is 0 Å². The number of halogens is 1. The van der Waals surface area contributed by atoms with Crippen LogP contribution in [0.4, 0.5) is 5.69 Å². The van der Waals surface area contributed by atoms with E-state index in [2.05, 4.69) is 34.5 Å². The van der Waals surface area contributed by atoms with Gasteiger partial charge < -0.3 is 15.8 Å². The average Bonchev–Trinajstić information content (AvgIpc) is 2.69. The first-order valence-corrected chi connectivity index (χ1v) is 9.66. The van der Waals surface area contributed by atoms with E-state index >= 15 is 0 Å². The molecule has 3 rings (SSSR count). The Balaban J connectivity index is 1.58. The van der Waals surface area contributed by atoms with Gasteiger partial charge in [-0.05, 0) is 43.1 Å². The number of nitrogen functional groups attached to an aromatic ring is 1. The van der Waals surface area contributed by atoms with E-state index in [4.69, 9.17) is 22.1 Å². The lowest BCUT2D eigenvalue weighted by Gasteiger charge is -2.26. The Hall–Kier alpha value is -2.24. The first-order chi connectivity index (χ1) is 13.1. The van der Waals surface area contributed by atoms with E-state index < -0.39 is 0 Å². The van der Waals surface area contributed by atoms with Crippen molar-refractivity contribution in [1.82, 2.24) is 10.2 Å². The second kappa shape index (κ2) is 9.11. The predicted molar refractivity (Wildman–Crippen MR) is 109 cm³/mol. The molecule has 1 aliphatic rings. The van der Waals surface area contributed by atoms with Gasteiger partial charge in [-0.1, -0.05) is 42.3 Å². The summed E-state index contributed by atoms with van der Waals surface area (Å²) in [4.78, 5) is 15.0. The minimum atomic E-state index is -0.244. The number of ether oxygens (including phenoxy) is 1. The third kappa shape index (κ3) is 5.15. The van der Waals surface area contributed by atoms with Crippen molar-refractivity contribution in [1.29, 1.82) is 0 Å². The largest absolute Gasteiger partial charge is 0.496 e. The van der Waals surface area contributed by atoms with Crippen LogP contribution in [0, 0.1) is 0 Å². The lowest BCUT2D eigenvalue weighted by Crippen LogP contribution is -2.29. The van der Waals surface area contributed by atoms with Gasteiger partial charge in [0.25, 0.3) is 5.91 Å². The highest BCUT2D eigenvalue weighted by molar-refractivity contribution is 6.33. The Morgan fingerprint density at radius 2 is 1.81 bits per heavy atom. The maximum absolute atomic E-state index is 12.5. The zero-order valence-corrected chi connectivity index (χ0v) is 16.4. The third-order valence-electron chi connectivity index (χ3n) is 4.89. The summed E-state index contributed by atoms with van der Waals surface area (Å²) in [7, 11) is 1.50. The summed E-state index contributed by atoms with van der Waals surface area (Å²) in [5.41, 5.74) is 8.87. The molecule has 1 heterocycles. The maximum Gasteiger partial charge on any atom is 0.255 e. The summed E-state index contributed by atoms with van der Waals surface area (Å²) in [6, 6.07) is 11.5. The molecule has 3 N–H and O–H groups in total. The van der Waals surface area contributed by atoms with Crippen LogP contribution < -0.4 is 15.8 Å². The molecule has 2 aromatic rings. The molecule has 5 nitrogen and oxygen atoms in total. The molecule has 0 bridgehead atoms. The number of likely N-dealkylation sites (tertiary alicyclic amines) is 1. The number of rotatable bonds is 6. The standard InChI is InChI=1S/C21H26ClN3O2/c1-27-20-12-19(23)18(22)11-17(20)21(26)24-13-15-5-7-16(8-6-15)14-25-9-3-2-4-10-25/h5-8,11-12H,2-4,9-10,13-14,23H2,1H3,(H,24,26). The Bertz CT molecular complexity index is 787. The lowest BCUT2D eigenvalue weighted by molar-refractivity contribution is 0.0948. The van der Waals surface area contributed by atoms with Gasteiger partial charge >= 0.3 is 0 Å². The van der Waals surface area contributed by atoms with Crippen LogP contribution in [0.25, 0.3) is 0 Å². The maximum atomic E-state index is 12.5. The summed E-state index contributed by atoms with van der Waals surface area (Å²) < 4.78 is 5.24. The molecule has 1 aliphatic heterocycles. The number of benzene rings is 2. The highest BCUT2D eigenvalue weighted by Gasteiger charge is 2.15. The van der Waals surface area contributed by atoms with Gasteiger partial charge in [-0.25, -0.2) is 0 Å². The van der Waals surface area contributed by atoms with Crippen LogP contribution in [0.5, 0.6) is 5.75 Å². The fourth-order valence-electron chi connectivity index (χ4n) is 3.33. The molecule has 1 fully saturated rings. The number of nitrogens with one attached hydrogen (secondary N) is 1. The first-order valence-electron chi connectivity index (χ1n) is 9.28. The van der Waals surface area contributed by atoms with Crippen LogP contribution in [0.2, 0.25) is 5.02 Å². The summed E-state index contributed by atoms with van der Waals surface area (Å²) >= 11 is 6.04. The van der Waals surface area contributed by atoms with Crippen molar-refractivity contribution < 1.29 is 9.53 Å². The summed E-state index contributed by atoms with van der Waals surface area (Å²) in [6.07, 6.45) is 3.94. The minimum absolute atomic E-state index is 0.244. The molecule has 0 aliphatic carbocycles. The van der Waals surface area contributed by atoms with E-state index in [0.717, 1.165) is 12.1 Å². The number of carbonyl (C=O) groups is 1. The zero-order valence-electron chi connectivity index (χ0n) is 15.6. The highest BCUT2D eigenvalue weighted by Crippen LogP contribution is 2.28. The van der Waals surface area contributed by atoms with Gasteiger partial charge in [0.15, 0.2) is 0 Å². The predicted octanol–water partition coefficient (Wildman–Crippen LogP) is 3.85. The Labute approximate surface area is 165 Å². The summed E-state index contributed by atoms with van der Waals surface area (Å²) in [6.45, 7) is 3.80. The van der Waals surface area contributed by atoms with Crippen molar-refractivity contribution in [3.8, 4) is 5.75 Å². The number of nitrogens with two attached hydrogens (primary N) is 1. The van der Waals surface area contributed by atoms with Crippen molar-refractivity contribution in [2.75, 3.05) is 25.9 Å². The van der Waals surface area contributed by atoms with Crippen molar-refractivity contribution in [2.45, 2.75) is 32.4 Å².